The molecule has 0 saturated heterocycles. The third kappa shape index (κ3) is 4.46. The summed E-state index contributed by atoms with van der Waals surface area (Å²) in [5.41, 5.74) is 1.85. The SMILES string of the molecule is COc1cccc([C@H](CNC(=O)CCN2C(=O)c3ccccc3C2=O)[NH+](C)C)c1. The van der Waals surface area contributed by atoms with Gasteiger partial charge in [0, 0.05) is 18.5 Å². The van der Waals surface area contributed by atoms with Crippen LogP contribution in [0.3, 0.4) is 0 Å². The molecule has 0 aromatic heterocycles. The lowest BCUT2D eigenvalue weighted by atomic mass is 10.1. The smallest absolute Gasteiger partial charge is 0.261 e. The van der Waals surface area contributed by atoms with Gasteiger partial charge in [-0.1, -0.05) is 24.3 Å². The highest BCUT2D eigenvalue weighted by molar-refractivity contribution is 6.21. The number of nitrogens with one attached hydrogen (secondary N) is 2. The van der Waals surface area contributed by atoms with E-state index >= 15 is 0 Å². The van der Waals surface area contributed by atoms with Crippen LogP contribution in [0.25, 0.3) is 0 Å². The van der Waals surface area contributed by atoms with Crippen molar-refractivity contribution in [2.75, 3.05) is 34.3 Å². The van der Waals surface area contributed by atoms with Crippen molar-refractivity contribution in [2.24, 2.45) is 0 Å². The Morgan fingerprint density at radius 3 is 2.31 bits per heavy atom. The molecule has 0 spiro atoms. The van der Waals surface area contributed by atoms with Crippen LogP contribution in [-0.2, 0) is 4.79 Å². The van der Waals surface area contributed by atoms with E-state index in [1.54, 1.807) is 31.4 Å². The molecule has 29 heavy (non-hydrogen) atoms. The van der Waals surface area contributed by atoms with Gasteiger partial charge in [0.2, 0.25) is 5.91 Å². The Morgan fingerprint density at radius 2 is 1.72 bits per heavy atom. The molecule has 2 aromatic carbocycles. The Balaban J connectivity index is 1.56. The van der Waals surface area contributed by atoms with Crippen LogP contribution in [0.1, 0.15) is 38.7 Å². The van der Waals surface area contributed by atoms with Crippen molar-refractivity contribution in [1.29, 1.82) is 0 Å². The molecule has 2 aromatic rings. The number of likely N-dealkylation sites (N-methyl/N-ethyl adjacent to an activating group) is 1. The highest BCUT2D eigenvalue weighted by Crippen LogP contribution is 2.22. The molecular weight excluding hydrogens is 370 g/mol. The number of nitrogens with zero attached hydrogens (tertiary/aromatic N) is 1. The fraction of sp³-hybridized carbons (Fsp3) is 0.318. The fourth-order valence-corrected chi connectivity index (χ4v) is 3.47. The first-order valence-electron chi connectivity index (χ1n) is 9.58. The van der Waals surface area contributed by atoms with E-state index in [1.807, 2.05) is 38.4 Å². The minimum atomic E-state index is -0.342. The van der Waals surface area contributed by atoms with Gasteiger partial charge in [-0.15, -0.1) is 0 Å². The standard InChI is InChI=1S/C22H25N3O4/c1-24(2)19(15-7-6-8-16(13-15)29-3)14-23-20(26)11-12-25-21(27)17-9-4-5-10-18(17)22(25)28/h4-10,13,19H,11-12,14H2,1-3H3,(H,23,26)/p+1/t19-/m0/s1. The summed E-state index contributed by atoms with van der Waals surface area (Å²) in [6, 6.07) is 14.5. The van der Waals surface area contributed by atoms with Crippen molar-refractivity contribution in [2.45, 2.75) is 12.5 Å². The summed E-state index contributed by atoms with van der Waals surface area (Å²) in [7, 11) is 5.67. The molecule has 0 fully saturated rings. The van der Waals surface area contributed by atoms with Gasteiger partial charge in [-0.3, -0.25) is 19.3 Å². The lowest BCUT2D eigenvalue weighted by Gasteiger charge is -2.23. The Morgan fingerprint density at radius 1 is 1.07 bits per heavy atom. The van der Waals surface area contributed by atoms with E-state index in [-0.39, 0.29) is 36.7 Å². The van der Waals surface area contributed by atoms with E-state index in [4.69, 9.17) is 4.74 Å². The normalized spacial score (nSPS) is 14.1. The zero-order chi connectivity index (χ0) is 21.0. The van der Waals surface area contributed by atoms with Gasteiger partial charge in [0.15, 0.2) is 0 Å². The van der Waals surface area contributed by atoms with Crippen LogP contribution in [0.2, 0.25) is 0 Å². The molecule has 1 heterocycles. The van der Waals surface area contributed by atoms with Crippen LogP contribution in [-0.4, -0.2) is 56.9 Å². The Bertz CT molecular complexity index is 891. The molecule has 7 heteroatoms. The summed E-state index contributed by atoms with van der Waals surface area (Å²) >= 11 is 0. The minimum absolute atomic E-state index is 0.0494. The lowest BCUT2D eigenvalue weighted by Crippen LogP contribution is -3.07. The largest absolute Gasteiger partial charge is 0.497 e. The van der Waals surface area contributed by atoms with Crippen LogP contribution >= 0.6 is 0 Å². The molecule has 1 aliphatic heterocycles. The molecule has 0 aliphatic carbocycles. The number of rotatable bonds is 8. The highest BCUT2D eigenvalue weighted by Gasteiger charge is 2.35. The molecule has 0 bridgehead atoms. The number of fused-ring (bicyclic) bond motifs is 1. The van der Waals surface area contributed by atoms with E-state index in [2.05, 4.69) is 5.32 Å². The number of ether oxygens (including phenoxy) is 1. The van der Waals surface area contributed by atoms with Crippen molar-refractivity contribution in [1.82, 2.24) is 10.2 Å². The Kier molecular flexibility index (Phi) is 6.29. The van der Waals surface area contributed by atoms with Gasteiger partial charge in [-0.2, -0.15) is 0 Å². The van der Waals surface area contributed by atoms with Crippen molar-refractivity contribution in [3.05, 3.63) is 65.2 Å². The predicted molar refractivity (Wildman–Crippen MR) is 108 cm³/mol. The Labute approximate surface area is 170 Å². The number of methoxy groups -OCH3 is 1. The second-order valence-electron chi connectivity index (χ2n) is 7.27. The maximum absolute atomic E-state index is 12.4. The third-order valence-electron chi connectivity index (χ3n) is 5.14. The molecule has 3 amide bonds. The maximum atomic E-state index is 12.4. The quantitative estimate of drug-likeness (QED) is 0.644. The van der Waals surface area contributed by atoms with Gasteiger partial charge in [0.25, 0.3) is 11.8 Å². The number of hydrogen-bond donors (Lipinski definition) is 2. The van der Waals surface area contributed by atoms with Gasteiger partial charge in [-0.05, 0) is 24.3 Å². The molecular formula is C22H26N3O4+. The van der Waals surface area contributed by atoms with E-state index in [9.17, 15) is 14.4 Å². The number of benzene rings is 2. The third-order valence-corrected chi connectivity index (χ3v) is 5.14. The number of amides is 3. The summed E-state index contributed by atoms with van der Waals surface area (Å²) in [6.45, 7) is 0.507. The van der Waals surface area contributed by atoms with E-state index in [0.29, 0.717) is 17.7 Å². The summed E-state index contributed by atoms with van der Waals surface area (Å²) < 4.78 is 5.29. The second kappa shape index (κ2) is 8.87. The monoisotopic (exact) mass is 396 g/mol. The summed E-state index contributed by atoms with van der Waals surface area (Å²) in [5, 5.41) is 2.92. The average Bonchev–Trinajstić information content (AvgIpc) is 2.97. The van der Waals surface area contributed by atoms with Crippen molar-refractivity contribution in [3.63, 3.8) is 0 Å². The van der Waals surface area contributed by atoms with Crippen molar-refractivity contribution in [3.8, 4) is 5.75 Å². The number of quaternary nitrogens is 1. The molecule has 0 radical (unpaired) electrons. The molecule has 1 atom stereocenters. The van der Waals surface area contributed by atoms with Crippen molar-refractivity contribution < 1.29 is 24.0 Å². The van der Waals surface area contributed by atoms with E-state index in [0.717, 1.165) is 16.2 Å². The summed E-state index contributed by atoms with van der Waals surface area (Å²) in [5.74, 6) is -0.114. The summed E-state index contributed by atoms with van der Waals surface area (Å²) in [4.78, 5) is 39.4. The Hall–Kier alpha value is -3.19. The van der Waals surface area contributed by atoms with Gasteiger partial charge >= 0.3 is 0 Å². The first kappa shape index (κ1) is 20.5. The molecule has 2 N–H and O–H groups in total. The molecule has 1 aliphatic rings. The fourth-order valence-electron chi connectivity index (χ4n) is 3.47. The topological polar surface area (TPSA) is 80.2 Å². The molecule has 7 nitrogen and oxygen atoms in total. The number of hydrogen-bond acceptors (Lipinski definition) is 4. The van der Waals surface area contributed by atoms with E-state index < -0.39 is 0 Å². The van der Waals surface area contributed by atoms with Gasteiger partial charge < -0.3 is 15.0 Å². The van der Waals surface area contributed by atoms with Crippen molar-refractivity contribution >= 4 is 17.7 Å². The first-order valence-corrected chi connectivity index (χ1v) is 9.58. The maximum Gasteiger partial charge on any atom is 0.261 e. The van der Waals surface area contributed by atoms with Crippen LogP contribution in [0.4, 0.5) is 0 Å². The van der Waals surface area contributed by atoms with E-state index in [1.165, 1.54) is 4.90 Å². The van der Waals surface area contributed by atoms with Gasteiger partial charge in [0.05, 0.1) is 38.9 Å². The first-order chi connectivity index (χ1) is 13.9. The van der Waals surface area contributed by atoms with Gasteiger partial charge in [-0.25, -0.2) is 0 Å². The number of carbonyl (C=O) groups excluding carboxylic acids is 3. The number of carbonyl (C=O) groups is 3. The average molecular weight is 396 g/mol. The van der Waals surface area contributed by atoms with Crippen LogP contribution < -0.4 is 15.0 Å². The number of imide groups is 1. The molecule has 3 rings (SSSR count). The van der Waals surface area contributed by atoms with Crippen LogP contribution in [0, 0.1) is 0 Å². The zero-order valence-electron chi connectivity index (χ0n) is 16.9. The molecule has 0 unspecified atom stereocenters. The highest BCUT2D eigenvalue weighted by atomic mass is 16.5. The zero-order valence-corrected chi connectivity index (χ0v) is 16.9. The van der Waals surface area contributed by atoms with Crippen LogP contribution in [0.15, 0.2) is 48.5 Å². The lowest BCUT2D eigenvalue weighted by molar-refractivity contribution is -0.890. The van der Waals surface area contributed by atoms with Crippen LogP contribution in [0.5, 0.6) is 5.75 Å². The van der Waals surface area contributed by atoms with Gasteiger partial charge in [0.1, 0.15) is 11.8 Å². The summed E-state index contributed by atoms with van der Waals surface area (Å²) in [6.07, 6.45) is 0.0685. The predicted octanol–water partition coefficient (Wildman–Crippen LogP) is 0.683. The molecule has 0 saturated carbocycles. The second-order valence-corrected chi connectivity index (χ2v) is 7.27. The molecule has 152 valence electrons. The minimum Gasteiger partial charge on any atom is -0.497 e.